The van der Waals surface area contributed by atoms with E-state index in [2.05, 4.69) is 55.2 Å². The van der Waals surface area contributed by atoms with Gasteiger partial charge in [-0.25, -0.2) is 9.97 Å². The van der Waals surface area contributed by atoms with E-state index in [1.54, 1.807) is 0 Å². The van der Waals surface area contributed by atoms with Crippen molar-refractivity contribution in [3.05, 3.63) is 11.9 Å². The molecule has 0 aliphatic carbocycles. The summed E-state index contributed by atoms with van der Waals surface area (Å²) in [6, 6.07) is 2.10. The van der Waals surface area contributed by atoms with E-state index in [1.807, 2.05) is 13.0 Å². The van der Waals surface area contributed by atoms with Crippen LogP contribution in [0.2, 0.25) is 0 Å². The molecule has 21 heavy (non-hydrogen) atoms. The number of aromatic nitrogens is 2. The van der Waals surface area contributed by atoms with Crippen LogP contribution in [0.15, 0.2) is 6.07 Å². The highest BCUT2D eigenvalue weighted by atomic mass is 16.3. The summed E-state index contributed by atoms with van der Waals surface area (Å²) < 4.78 is 0. The van der Waals surface area contributed by atoms with Gasteiger partial charge in [-0.1, -0.05) is 34.6 Å². The summed E-state index contributed by atoms with van der Waals surface area (Å²) in [5.41, 5.74) is 0.0457. The molecule has 0 amide bonds. The number of aliphatic hydroxyl groups excluding tert-OH is 1. The second kappa shape index (κ2) is 7.59. The van der Waals surface area contributed by atoms with Gasteiger partial charge in [0.1, 0.15) is 17.5 Å². The SMILES string of the molecule is CCNc1cc(NC(CCO)C(C)(C)C)nc(C(C)C)n1. The van der Waals surface area contributed by atoms with E-state index in [-0.39, 0.29) is 24.0 Å². The first-order chi connectivity index (χ1) is 9.77. The van der Waals surface area contributed by atoms with Crippen LogP contribution in [0.1, 0.15) is 59.7 Å². The van der Waals surface area contributed by atoms with Crippen molar-refractivity contribution in [1.29, 1.82) is 0 Å². The molecular formula is C16H30N4O. The van der Waals surface area contributed by atoms with Gasteiger partial charge in [0, 0.05) is 31.2 Å². The standard InChI is InChI=1S/C16H30N4O/c1-7-17-13-10-14(20-15(19-13)11(2)3)18-12(8-9-21)16(4,5)6/h10-12,21H,7-9H2,1-6H3,(H2,17,18,19,20). The molecule has 0 radical (unpaired) electrons. The minimum Gasteiger partial charge on any atom is -0.396 e. The highest BCUT2D eigenvalue weighted by Gasteiger charge is 2.24. The van der Waals surface area contributed by atoms with Crippen molar-refractivity contribution in [3.63, 3.8) is 0 Å². The molecular weight excluding hydrogens is 264 g/mol. The Morgan fingerprint density at radius 1 is 1.19 bits per heavy atom. The number of hydrogen-bond donors (Lipinski definition) is 3. The Labute approximate surface area is 128 Å². The van der Waals surface area contributed by atoms with Crippen LogP contribution in [0.5, 0.6) is 0 Å². The lowest BCUT2D eigenvalue weighted by Crippen LogP contribution is -2.35. The van der Waals surface area contributed by atoms with Gasteiger partial charge in [0.15, 0.2) is 0 Å². The fourth-order valence-electron chi connectivity index (χ4n) is 2.10. The van der Waals surface area contributed by atoms with Gasteiger partial charge in [-0.2, -0.15) is 0 Å². The van der Waals surface area contributed by atoms with E-state index in [9.17, 15) is 5.11 Å². The molecule has 1 rings (SSSR count). The number of hydrogen-bond acceptors (Lipinski definition) is 5. The molecule has 120 valence electrons. The fourth-order valence-corrected chi connectivity index (χ4v) is 2.10. The zero-order chi connectivity index (χ0) is 16.0. The van der Waals surface area contributed by atoms with Crippen LogP contribution < -0.4 is 10.6 Å². The lowest BCUT2D eigenvalue weighted by molar-refractivity contribution is 0.235. The third-order valence-electron chi connectivity index (χ3n) is 3.40. The van der Waals surface area contributed by atoms with Crippen molar-refractivity contribution in [3.8, 4) is 0 Å². The average Bonchev–Trinajstić information content (AvgIpc) is 2.37. The van der Waals surface area contributed by atoms with Crippen molar-refractivity contribution in [2.75, 3.05) is 23.8 Å². The summed E-state index contributed by atoms with van der Waals surface area (Å²) in [5, 5.41) is 16.0. The average molecular weight is 294 g/mol. The lowest BCUT2D eigenvalue weighted by atomic mass is 9.85. The Kier molecular flexibility index (Phi) is 6.40. The maximum Gasteiger partial charge on any atom is 0.135 e. The van der Waals surface area contributed by atoms with Crippen molar-refractivity contribution in [2.24, 2.45) is 5.41 Å². The molecule has 0 saturated heterocycles. The van der Waals surface area contributed by atoms with Gasteiger partial charge in [0.25, 0.3) is 0 Å². The first-order valence-electron chi connectivity index (χ1n) is 7.78. The van der Waals surface area contributed by atoms with Crippen molar-refractivity contribution in [1.82, 2.24) is 9.97 Å². The summed E-state index contributed by atoms with van der Waals surface area (Å²) in [7, 11) is 0. The summed E-state index contributed by atoms with van der Waals surface area (Å²) >= 11 is 0. The molecule has 3 N–H and O–H groups in total. The monoisotopic (exact) mass is 294 g/mol. The molecule has 1 aromatic heterocycles. The Morgan fingerprint density at radius 3 is 2.29 bits per heavy atom. The molecule has 0 aromatic carbocycles. The largest absolute Gasteiger partial charge is 0.396 e. The van der Waals surface area contributed by atoms with E-state index in [1.165, 1.54) is 0 Å². The molecule has 0 aliphatic rings. The summed E-state index contributed by atoms with van der Waals surface area (Å²) in [6.45, 7) is 13.7. The zero-order valence-electron chi connectivity index (χ0n) is 14.2. The normalized spacial score (nSPS) is 13.3. The number of aliphatic hydroxyl groups is 1. The summed E-state index contributed by atoms with van der Waals surface area (Å²) in [5.74, 6) is 2.76. The number of nitrogens with zero attached hydrogens (tertiary/aromatic N) is 2. The van der Waals surface area contributed by atoms with Crippen molar-refractivity contribution >= 4 is 11.6 Å². The van der Waals surface area contributed by atoms with Crippen LogP contribution in [-0.4, -0.2) is 34.3 Å². The van der Waals surface area contributed by atoms with Gasteiger partial charge in [-0.15, -0.1) is 0 Å². The topological polar surface area (TPSA) is 70.1 Å². The third kappa shape index (κ3) is 5.50. The summed E-state index contributed by atoms with van der Waals surface area (Å²) in [6.07, 6.45) is 0.695. The molecule has 1 atom stereocenters. The maximum atomic E-state index is 9.27. The van der Waals surface area contributed by atoms with E-state index >= 15 is 0 Å². The van der Waals surface area contributed by atoms with Crippen LogP contribution >= 0.6 is 0 Å². The molecule has 0 spiro atoms. The van der Waals surface area contributed by atoms with Crippen LogP contribution in [0.3, 0.4) is 0 Å². The predicted molar refractivity (Wildman–Crippen MR) is 88.9 cm³/mol. The zero-order valence-corrected chi connectivity index (χ0v) is 14.2. The highest BCUT2D eigenvalue weighted by molar-refractivity contribution is 5.48. The predicted octanol–water partition coefficient (Wildman–Crippen LogP) is 3.24. The number of rotatable bonds is 7. The van der Waals surface area contributed by atoms with Gasteiger partial charge in [-0.3, -0.25) is 0 Å². The number of anilines is 2. The van der Waals surface area contributed by atoms with E-state index in [0.717, 1.165) is 24.0 Å². The molecule has 1 aromatic rings. The first-order valence-corrected chi connectivity index (χ1v) is 7.78. The Balaban J connectivity index is 3.04. The second-order valence-electron chi connectivity index (χ2n) is 6.76. The van der Waals surface area contributed by atoms with Gasteiger partial charge < -0.3 is 15.7 Å². The minimum absolute atomic E-state index is 0.0457. The third-order valence-corrected chi connectivity index (χ3v) is 3.40. The summed E-state index contributed by atoms with van der Waals surface area (Å²) in [4.78, 5) is 9.13. The fraction of sp³-hybridized carbons (Fsp3) is 0.750. The van der Waals surface area contributed by atoms with Crippen LogP contribution in [-0.2, 0) is 0 Å². The van der Waals surface area contributed by atoms with E-state index < -0.39 is 0 Å². The first kappa shape index (κ1) is 17.7. The van der Waals surface area contributed by atoms with Gasteiger partial charge in [0.05, 0.1) is 0 Å². The van der Waals surface area contributed by atoms with Crippen molar-refractivity contribution < 1.29 is 5.11 Å². The highest BCUT2D eigenvalue weighted by Crippen LogP contribution is 2.26. The van der Waals surface area contributed by atoms with Crippen LogP contribution in [0, 0.1) is 5.41 Å². The minimum atomic E-state index is 0.0457. The second-order valence-corrected chi connectivity index (χ2v) is 6.76. The molecule has 5 nitrogen and oxygen atoms in total. The number of nitrogens with one attached hydrogen (secondary N) is 2. The molecule has 1 heterocycles. The molecule has 0 bridgehead atoms. The quantitative estimate of drug-likeness (QED) is 0.720. The Bertz CT molecular complexity index is 440. The molecule has 1 unspecified atom stereocenters. The van der Waals surface area contributed by atoms with Gasteiger partial charge in [0.2, 0.25) is 0 Å². The molecule has 0 saturated carbocycles. The Hall–Kier alpha value is -1.36. The van der Waals surface area contributed by atoms with Crippen molar-refractivity contribution in [2.45, 2.75) is 59.9 Å². The van der Waals surface area contributed by atoms with Gasteiger partial charge >= 0.3 is 0 Å². The van der Waals surface area contributed by atoms with E-state index in [0.29, 0.717) is 6.42 Å². The molecule has 0 aliphatic heterocycles. The van der Waals surface area contributed by atoms with Gasteiger partial charge in [-0.05, 0) is 18.8 Å². The molecule has 5 heteroatoms. The van der Waals surface area contributed by atoms with E-state index in [4.69, 9.17) is 0 Å². The Morgan fingerprint density at radius 2 is 1.81 bits per heavy atom. The van der Waals surface area contributed by atoms with Crippen LogP contribution in [0.4, 0.5) is 11.6 Å². The maximum absolute atomic E-state index is 9.27. The smallest absolute Gasteiger partial charge is 0.135 e. The lowest BCUT2D eigenvalue weighted by Gasteiger charge is -2.31. The van der Waals surface area contributed by atoms with Crippen LogP contribution in [0.25, 0.3) is 0 Å². The molecule has 0 fully saturated rings.